The molecule has 2 aliphatic heterocycles. The lowest BCUT2D eigenvalue weighted by Crippen LogP contribution is -2.30. The molecule has 1 amide bonds. The quantitative estimate of drug-likeness (QED) is 0.738. The molecule has 2 heterocycles. The molecule has 4 heteroatoms. The van der Waals surface area contributed by atoms with Crippen LogP contribution in [0.1, 0.15) is 31.2 Å². The van der Waals surface area contributed by atoms with Gasteiger partial charge in [0.25, 0.3) is 0 Å². The van der Waals surface area contributed by atoms with Crippen LogP contribution >= 0.6 is 0 Å². The Balaban J connectivity index is 1.69. The molecule has 22 heavy (non-hydrogen) atoms. The van der Waals surface area contributed by atoms with E-state index in [4.69, 9.17) is 0 Å². The smallest absolute Gasteiger partial charge is 0.248 e. The van der Waals surface area contributed by atoms with Gasteiger partial charge in [0.05, 0.1) is 5.69 Å². The molecular formula is C18H23N3O. The predicted molar refractivity (Wildman–Crippen MR) is 88.3 cm³/mol. The van der Waals surface area contributed by atoms with Crippen molar-refractivity contribution in [1.82, 2.24) is 4.90 Å². The zero-order valence-corrected chi connectivity index (χ0v) is 13.2. The first-order chi connectivity index (χ1) is 10.7. The van der Waals surface area contributed by atoms with Gasteiger partial charge in [0, 0.05) is 25.7 Å². The Labute approximate surface area is 131 Å². The van der Waals surface area contributed by atoms with E-state index in [1.165, 1.54) is 25.7 Å². The second-order valence-corrected chi connectivity index (χ2v) is 6.82. The molecule has 1 aliphatic carbocycles. The third-order valence-corrected chi connectivity index (χ3v) is 5.52. The summed E-state index contributed by atoms with van der Waals surface area (Å²) in [6.07, 6.45) is 5.46. The van der Waals surface area contributed by atoms with Crippen molar-refractivity contribution in [2.24, 2.45) is 16.8 Å². The molecule has 0 radical (unpaired) electrons. The number of para-hydroxylation sites is 1. The number of fused-ring (bicyclic) bond motifs is 2. The highest BCUT2D eigenvalue weighted by Gasteiger charge is 2.37. The summed E-state index contributed by atoms with van der Waals surface area (Å²) in [7, 11) is 1.85. The van der Waals surface area contributed by atoms with Crippen LogP contribution in [-0.2, 0) is 4.79 Å². The highest BCUT2D eigenvalue weighted by Crippen LogP contribution is 2.37. The lowest BCUT2D eigenvalue weighted by Gasteiger charge is -2.23. The first kappa shape index (κ1) is 13.8. The predicted octanol–water partition coefficient (Wildman–Crippen LogP) is 2.53. The minimum atomic E-state index is 0.0686. The van der Waals surface area contributed by atoms with Crippen molar-refractivity contribution in [3.63, 3.8) is 0 Å². The molecule has 2 fully saturated rings. The number of hydrogen-bond donors (Lipinski definition) is 0. The Morgan fingerprint density at radius 3 is 2.50 bits per heavy atom. The molecule has 0 N–H and O–H groups in total. The average Bonchev–Trinajstić information content (AvgIpc) is 2.93. The van der Waals surface area contributed by atoms with E-state index in [-0.39, 0.29) is 12.5 Å². The van der Waals surface area contributed by atoms with Gasteiger partial charge in [-0.1, -0.05) is 25.0 Å². The van der Waals surface area contributed by atoms with Crippen molar-refractivity contribution in [1.29, 1.82) is 0 Å². The van der Waals surface area contributed by atoms with Gasteiger partial charge in [0.2, 0.25) is 5.91 Å². The fourth-order valence-electron chi connectivity index (χ4n) is 4.27. The number of carbonyl (C=O) groups excluding carboxylic acids is 1. The van der Waals surface area contributed by atoms with Crippen LogP contribution in [0.2, 0.25) is 0 Å². The second-order valence-electron chi connectivity index (χ2n) is 6.82. The number of nitrogens with zero attached hydrogens (tertiary/aromatic N) is 3. The van der Waals surface area contributed by atoms with Gasteiger partial charge < -0.3 is 9.80 Å². The van der Waals surface area contributed by atoms with Crippen LogP contribution in [0.25, 0.3) is 0 Å². The van der Waals surface area contributed by atoms with Crippen LogP contribution in [0, 0.1) is 11.8 Å². The van der Waals surface area contributed by atoms with E-state index in [1.807, 2.05) is 25.2 Å². The van der Waals surface area contributed by atoms with Gasteiger partial charge in [0.15, 0.2) is 0 Å². The third-order valence-electron chi connectivity index (χ3n) is 5.52. The standard InChI is InChI=1S/C18H23N3O/c1-20-16-9-5-4-8-15(16)18(19-10-17(20)22)21-11-13-6-2-3-7-14(13)12-21/h4-5,8-9,13-14H,2-3,6-7,10-12H2,1H3/t13-,14+. The summed E-state index contributed by atoms with van der Waals surface area (Å²) in [5.41, 5.74) is 2.09. The lowest BCUT2D eigenvalue weighted by molar-refractivity contribution is -0.116. The Bertz CT molecular complexity index is 611. The largest absolute Gasteiger partial charge is 0.356 e. The number of hydrogen-bond acceptors (Lipinski definition) is 3. The van der Waals surface area contributed by atoms with Crippen LogP contribution in [0.4, 0.5) is 5.69 Å². The summed E-state index contributed by atoms with van der Waals surface area (Å²) in [6, 6.07) is 8.17. The van der Waals surface area contributed by atoms with Gasteiger partial charge in [0.1, 0.15) is 12.4 Å². The SMILES string of the molecule is CN1C(=O)CN=C(N2C[C@H]3CCCC[C@H]3C2)c2ccccc21. The maximum Gasteiger partial charge on any atom is 0.248 e. The topological polar surface area (TPSA) is 35.9 Å². The Morgan fingerprint density at radius 2 is 1.77 bits per heavy atom. The number of likely N-dealkylation sites (N-methyl/N-ethyl adjacent to an activating group) is 1. The van der Waals surface area contributed by atoms with Crippen molar-refractivity contribution in [3.05, 3.63) is 29.8 Å². The molecule has 2 atom stereocenters. The van der Waals surface area contributed by atoms with Gasteiger partial charge in [-0.3, -0.25) is 9.79 Å². The maximum atomic E-state index is 12.2. The van der Waals surface area contributed by atoms with Crippen molar-refractivity contribution in [3.8, 4) is 0 Å². The highest BCUT2D eigenvalue weighted by molar-refractivity contribution is 6.10. The monoisotopic (exact) mass is 297 g/mol. The van der Waals surface area contributed by atoms with Crippen molar-refractivity contribution >= 4 is 17.4 Å². The van der Waals surface area contributed by atoms with Gasteiger partial charge in [-0.15, -0.1) is 0 Å². The number of anilines is 1. The van der Waals surface area contributed by atoms with E-state index in [9.17, 15) is 4.79 Å². The summed E-state index contributed by atoms with van der Waals surface area (Å²) in [4.78, 5) is 21.1. The zero-order chi connectivity index (χ0) is 15.1. The minimum absolute atomic E-state index is 0.0686. The number of benzene rings is 1. The summed E-state index contributed by atoms with van der Waals surface area (Å²) in [5.74, 6) is 2.74. The number of likely N-dealkylation sites (tertiary alicyclic amines) is 1. The van der Waals surface area contributed by atoms with E-state index < -0.39 is 0 Å². The fourth-order valence-corrected chi connectivity index (χ4v) is 4.27. The van der Waals surface area contributed by atoms with Gasteiger partial charge in [-0.25, -0.2) is 0 Å². The van der Waals surface area contributed by atoms with Crippen molar-refractivity contribution in [2.75, 3.05) is 31.6 Å². The normalized spacial score (nSPS) is 28.0. The molecule has 1 aromatic rings. The van der Waals surface area contributed by atoms with Crippen LogP contribution in [-0.4, -0.2) is 43.3 Å². The zero-order valence-electron chi connectivity index (χ0n) is 13.2. The molecule has 0 unspecified atom stereocenters. The molecule has 0 bridgehead atoms. The number of amidine groups is 1. The number of rotatable bonds is 0. The molecule has 1 aromatic carbocycles. The minimum Gasteiger partial charge on any atom is -0.356 e. The molecular weight excluding hydrogens is 274 g/mol. The summed E-state index contributed by atoms with van der Waals surface area (Å²) >= 11 is 0. The van der Waals surface area contributed by atoms with Crippen LogP contribution < -0.4 is 4.90 Å². The molecule has 3 aliphatic rings. The summed E-state index contributed by atoms with van der Waals surface area (Å²) < 4.78 is 0. The average molecular weight is 297 g/mol. The Morgan fingerprint density at radius 1 is 1.09 bits per heavy atom. The highest BCUT2D eigenvalue weighted by atomic mass is 16.2. The van der Waals surface area contributed by atoms with E-state index in [2.05, 4.69) is 16.0 Å². The van der Waals surface area contributed by atoms with E-state index in [0.717, 1.165) is 42.0 Å². The van der Waals surface area contributed by atoms with Crippen molar-refractivity contribution < 1.29 is 4.79 Å². The van der Waals surface area contributed by atoms with E-state index in [0.29, 0.717) is 0 Å². The first-order valence-corrected chi connectivity index (χ1v) is 8.39. The van der Waals surface area contributed by atoms with Crippen LogP contribution in [0.15, 0.2) is 29.3 Å². The van der Waals surface area contributed by atoms with E-state index >= 15 is 0 Å². The molecule has 1 saturated heterocycles. The molecule has 1 saturated carbocycles. The third kappa shape index (κ3) is 2.21. The van der Waals surface area contributed by atoms with Crippen LogP contribution in [0.5, 0.6) is 0 Å². The van der Waals surface area contributed by atoms with Crippen molar-refractivity contribution in [2.45, 2.75) is 25.7 Å². The fraction of sp³-hybridized carbons (Fsp3) is 0.556. The number of carbonyl (C=O) groups is 1. The lowest BCUT2D eigenvalue weighted by atomic mass is 9.82. The van der Waals surface area contributed by atoms with Crippen LogP contribution in [0.3, 0.4) is 0 Å². The number of amides is 1. The molecule has 4 rings (SSSR count). The van der Waals surface area contributed by atoms with Gasteiger partial charge in [-0.05, 0) is 36.8 Å². The second kappa shape index (κ2) is 5.41. The molecule has 4 nitrogen and oxygen atoms in total. The maximum absolute atomic E-state index is 12.2. The summed E-state index contributed by atoms with van der Waals surface area (Å²) in [6.45, 7) is 2.47. The van der Waals surface area contributed by atoms with Gasteiger partial charge >= 0.3 is 0 Å². The van der Waals surface area contributed by atoms with Gasteiger partial charge in [-0.2, -0.15) is 0 Å². The Kier molecular flexibility index (Phi) is 3.40. The molecule has 0 spiro atoms. The Hall–Kier alpha value is -1.84. The molecule has 116 valence electrons. The summed E-state index contributed by atoms with van der Waals surface area (Å²) in [5, 5.41) is 0. The number of aliphatic imine (C=N–C) groups is 1. The first-order valence-electron chi connectivity index (χ1n) is 8.39. The molecule has 0 aromatic heterocycles. The van der Waals surface area contributed by atoms with E-state index in [1.54, 1.807) is 4.90 Å². The number of benzodiazepines with no additional fused rings is 1.